The molecule has 5 nitrogen and oxygen atoms in total. The summed E-state index contributed by atoms with van der Waals surface area (Å²) in [4.78, 5) is 12.4. The smallest absolute Gasteiger partial charge is 0.304 e. The molecule has 106 valence electrons. The van der Waals surface area contributed by atoms with Gasteiger partial charge in [-0.15, -0.1) is 0 Å². The van der Waals surface area contributed by atoms with Crippen molar-refractivity contribution in [3.63, 3.8) is 0 Å². The molecule has 1 aromatic carbocycles. The van der Waals surface area contributed by atoms with Gasteiger partial charge in [0.05, 0.1) is 12.5 Å². The molecule has 19 heavy (non-hydrogen) atoms. The molecule has 0 aliphatic heterocycles. The molecule has 1 aromatic rings. The molecule has 0 spiro atoms. The molecule has 0 aliphatic rings. The number of hydrogen-bond acceptors (Lipinski definition) is 4. The van der Waals surface area contributed by atoms with Crippen molar-refractivity contribution in [2.75, 3.05) is 25.5 Å². The first-order chi connectivity index (χ1) is 8.91. The first-order valence-electron chi connectivity index (χ1n) is 6.32. The molecule has 3 N–H and O–H groups in total. The molecule has 0 saturated heterocycles. The maximum atomic E-state index is 10.4. The molecule has 2 unspecified atom stereocenters. The van der Waals surface area contributed by atoms with Crippen molar-refractivity contribution >= 4 is 11.7 Å². The van der Waals surface area contributed by atoms with Crippen LogP contribution in [-0.4, -0.2) is 42.9 Å². The highest BCUT2D eigenvalue weighted by atomic mass is 16.4. The van der Waals surface area contributed by atoms with Crippen LogP contribution in [-0.2, 0) is 4.79 Å². The van der Waals surface area contributed by atoms with Crippen LogP contribution in [0.5, 0.6) is 0 Å². The number of anilines is 1. The van der Waals surface area contributed by atoms with Crippen molar-refractivity contribution in [2.45, 2.75) is 25.5 Å². The Hall–Kier alpha value is -1.59. The lowest BCUT2D eigenvalue weighted by atomic mass is 10.0. The van der Waals surface area contributed by atoms with E-state index in [-0.39, 0.29) is 12.5 Å². The summed E-state index contributed by atoms with van der Waals surface area (Å²) in [6, 6.07) is 7.47. The topological polar surface area (TPSA) is 72.8 Å². The average molecular weight is 266 g/mol. The zero-order chi connectivity index (χ0) is 14.4. The Labute approximate surface area is 113 Å². The van der Waals surface area contributed by atoms with Gasteiger partial charge in [-0.1, -0.05) is 12.1 Å². The number of rotatable bonds is 7. The normalized spacial score (nSPS) is 13.9. The van der Waals surface area contributed by atoms with Crippen molar-refractivity contribution < 1.29 is 15.0 Å². The first kappa shape index (κ1) is 15.5. The van der Waals surface area contributed by atoms with E-state index in [1.54, 1.807) is 0 Å². The van der Waals surface area contributed by atoms with Gasteiger partial charge in [0.15, 0.2) is 0 Å². The van der Waals surface area contributed by atoms with Crippen molar-refractivity contribution in [1.29, 1.82) is 0 Å². The third-order valence-corrected chi connectivity index (χ3v) is 3.03. The number of aliphatic hydroxyl groups is 1. The predicted molar refractivity (Wildman–Crippen MR) is 75.4 cm³/mol. The second-order valence-corrected chi connectivity index (χ2v) is 4.82. The van der Waals surface area contributed by atoms with Gasteiger partial charge in [0.1, 0.15) is 0 Å². The number of nitrogens with one attached hydrogen (secondary N) is 1. The van der Waals surface area contributed by atoms with Gasteiger partial charge in [-0.3, -0.25) is 4.79 Å². The predicted octanol–water partition coefficient (Wildman–Crippen LogP) is 1.24. The number of carbonyl (C=O) groups is 1. The summed E-state index contributed by atoms with van der Waals surface area (Å²) in [5, 5.41) is 21.7. The molecule has 0 fully saturated rings. The van der Waals surface area contributed by atoms with E-state index in [2.05, 4.69) is 5.32 Å². The molecular formula is C14H22N2O3. The molecule has 0 bridgehead atoms. The second kappa shape index (κ2) is 7.11. The summed E-state index contributed by atoms with van der Waals surface area (Å²) in [6.07, 6.45) is -0.596. The third-order valence-electron chi connectivity index (χ3n) is 3.03. The Morgan fingerprint density at radius 1 is 1.32 bits per heavy atom. The van der Waals surface area contributed by atoms with Crippen molar-refractivity contribution in [2.24, 2.45) is 0 Å². The van der Waals surface area contributed by atoms with Crippen LogP contribution in [0, 0.1) is 0 Å². The minimum atomic E-state index is -0.843. The van der Waals surface area contributed by atoms with Crippen LogP contribution >= 0.6 is 0 Å². The number of benzene rings is 1. The van der Waals surface area contributed by atoms with Gasteiger partial charge >= 0.3 is 5.97 Å². The average Bonchev–Trinajstić information content (AvgIpc) is 2.37. The Bertz CT molecular complexity index is 404. The molecule has 0 heterocycles. The highest BCUT2D eigenvalue weighted by Crippen LogP contribution is 2.20. The van der Waals surface area contributed by atoms with E-state index >= 15 is 0 Å². The van der Waals surface area contributed by atoms with E-state index in [1.165, 1.54) is 0 Å². The van der Waals surface area contributed by atoms with Crippen molar-refractivity contribution in [1.82, 2.24) is 5.32 Å². The van der Waals surface area contributed by atoms with Gasteiger partial charge in [0, 0.05) is 32.4 Å². The summed E-state index contributed by atoms with van der Waals surface area (Å²) in [7, 11) is 3.92. The van der Waals surface area contributed by atoms with Gasteiger partial charge in [-0.05, 0) is 24.6 Å². The lowest BCUT2D eigenvalue weighted by molar-refractivity contribution is -0.136. The summed E-state index contributed by atoms with van der Waals surface area (Å²) >= 11 is 0. The molecule has 0 saturated carbocycles. The fourth-order valence-corrected chi connectivity index (χ4v) is 1.78. The Morgan fingerprint density at radius 2 is 1.89 bits per heavy atom. The van der Waals surface area contributed by atoms with E-state index < -0.39 is 12.1 Å². The van der Waals surface area contributed by atoms with Gasteiger partial charge in [-0.25, -0.2) is 0 Å². The van der Waals surface area contributed by atoms with Crippen molar-refractivity contribution in [3.8, 4) is 0 Å². The zero-order valence-electron chi connectivity index (χ0n) is 11.6. The summed E-state index contributed by atoms with van der Waals surface area (Å²) < 4.78 is 0. The fraction of sp³-hybridized carbons (Fsp3) is 0.500. The third kappa shape index (κ3) is 4.89. The Morgan fingerprint density at radius 3 is 2.37 bits per heavy atom. The summed E-state index contributed by atoms with van der Waals surface area (Å²) in [5.41, 5.74) is 1.89. The van der Waals surface area contributed by atoms with Crippen LogP contribution in [0.2, 0.25) is 0 Å². The summed E-state index contributed by atoms with van der Waals surface area (Å²) in [6.45, 7) is 2.19. The van der Waals surface area contributed by atoms with Gasteiger partial charge in [0.2, 0.25) is 0 Å². The standard InChI is InChI=1S/C14H22N2O3/c1-10(15-9-8-13(17)18)14(19)11-4-6-12(7-5-11)16(2)3/h4-7,10,14-15,19H,8-9H2,1-3H3,(H,17,18). The second-order valence-electron chi connectivity index (χ2n) is 4.82. The molecule has 1 rings (SSSR count). The summed E-state index contributed by atoms with van der Waals surface area (Å²) in [5.74, 6) is -0.843. The van der Waals surface area contributed by atoms with E-state index in [0.29, 0.717) is 6.54 Å². The van der Waals surface area contributed by atoms with Crippen LogP contribution in [0.25, 0.3) is 0 Å². The van der Waals surface area contributed by atoms with Gasteiger partial charge in [0.25, 0.3) is 0 Å². The number of hydrogen-bond donors (Lipinski definition) is 3. The molecular weight excluding hydrogens is 244 g/mol. The molecule has 0 radical (unpaired) electrons. The number of aliphatic hydroxyl groups excluding tert-OH is 1. The maximum absolute atomic E-state index is 10.4. The van der Waals surface area contributed by atoms with Crippen LogP contribution in [0.3, 0.4) is 0 Å². The van der Waals surface area contributed by atoms with Gasteiger partial charge in [-0.2, -0.15) is 0 Å². The van der Waals surface area contributed by atoms with E-state index in [0.717, 1.165) is 11.3 Å². The van der Waals surface area contributed by atoms with Crippen LogP contribution in [0.4, 0.5) is 5.69 Å². The number of carboxylic acids is 1. The maximum Gasteiger partial charge on any atom is 0.304 e. The molecule has 0 aromatic heterocycles. The Kier molecular flexibility index (Phi) is 5.79. The monoisotopic (exact) mass is 266 g/mol. The quantitative estimate of drug-likeness (QED) is 0.692. The van der Waals surface area contributed by atoms with Crippen LogP contribution < -0.4 is 10.2 Å². The van der Waals surface area contributed by atoms with Crippen molar-refractivity contribution in [3.05, 3.63) is 29.8 Å². The van der Waals surface area contributed by atoms with E-state index in [1.807, 2.05) is 50.2 Å². The lowest BCUT2D eigenvalue weighted by Gasteiger charge is -2.21. The molecule has 2 atom stereocenters. The molecule has 0 amide bonds. The van der Waals surface area contributed by atoms with Gasteiger partial charge < -0.3 is 20.4 Å². The molecule has 0 aliphatic carbocycles. The minimum absolute atomic E-state index is 0.0522. The van der Waals surface area contributed by atoms with Crippen LogP contribution in [0.15, 0.2) is 24.3 Å². The van der Waals surface area contributed by atoms with Crippen LogP contribution in [0.1, 0.15) is 25.0 Å². The van der Waals surface area contributed by atoms with E-state index in [4.69, 9.17) is 5.11 Å². The lowest BCUT2D eigenvalue weighted by Crippen LogP contribution is -2.33. The largest absolute Gasteiger partial charge is 0.481 e. The number of carboxylic acid groups (broad SMARTS) is 1. The van der Waals surface area contributed by atoms with E-state index in [9.17, 15) is 9.90 Å². The fourth-order valence-electron chi connectivity index (χ4n) is 1.78. The minimum Gasteiger partial charge on any atom is -0.481 e. The first-order valence-corrected chi connectivity index (χ1v) is 6.32. The number of aliphatic carboxylic acids is 1. The SMILES string of the molecule is CC(NCCC(=O)O)C(O)c1ccc(N(C)C)cc1. The Balaban J connectivity index is 2.56. The number of nitrogens with zero attached hydrogens (tertiary/aromatic N) is 1. The highest BCUT2D eigenvalue weighted by molar-refractivity contribution is 5.66. The zero-order valence-corrected chi connectivity index (χ0v) is 11.6. The molecule has 5 heteroatoms. The highest BCUT2D eigenvalue weighted by Gasteiger charge is 2.16.